The number of sulfonamides is 1. The van der Waals surface area contributed by atoms with Crippen molar-refractivity contribution in [3.8, 4) is 5.75 Å². The molecule has 1 aromatic rings. The number of carbonyl (C=O) groups excluding carboxylic acids is 1. The number of ether oxygens (including phenoxy) is 2. The van der Waals surface area contributed by atoms with Gasteiger partial charge in [0.05, 0.1) is 24.5 Å². The predicted molar refractivity (Wildman–Crippen MR) is 97.8 cm³/mol. The fourth-order valence-corrected chi connectivity index (χ4v) is 3.98. The fraction of sp³-hybridized carbons (Fsp3) is 0.611. The molecule has 2 atom stereocenters. The minimum atomic E-state index is -3.39. The maximum atomic E-state index is 12.4. The maximum absolute atomic E-state index is 12.4. The Labute approximate surface area is 154 Å². The van der Waals surface area contributed by atoms with Crippen LogP contribution in [0.4, 0.5) is 0 Å². The zero-order chi connectivity index (χ0) is 18.7. The van der Waals surface area contributed by atoms with Crippen molar-refractivity contribution >= 4 is 15.9 Å². The summed E-state index contributed by atoms with van der Waals surface area (Å²) >= 11 is 0. The molecule has 2 aliphatic heterocycles. The molecular formula is C18H26N2O5S. The molecule has 0 aliphatic carbocycles. The van der Waals surface area contributed by atoms with E-state index in [9.17, 15) is 13.2 Å². The van der Waals surface area contributed by atoms with Crippen molar-refractivity contribution < 1.29 is 22.7 Å². The van der Waals surface area contributed by atoms with E-state index in [4.69, 9.17) is 9.47 Å². The van der Waals surface area contributed by atoms with Crippen LogP contribution >= 0.6 is 0 Å². The number of likely N-dealkylation sites (tertiary alicyclic amines) is 1. The fourth-order valence-electron chi connectivity index (χ4n) is 3.06. The molecule has 26 heavy (non-hydrogen) atoms. The highest BCUT2D eigenvalue weighted by atomic mass is 32.2. The van der Waals surface area contributed by atoms with Crippen LogP contribution in [0.5, 0.6) is 5.75 Å². The Bertz CT molecular complexity index is 726. The van der Waals surface area contributed by atoms with E-state index in [1.807, 2.05) is 4.90 Å². The molecule has 3 rings (SSSR count). The average molecular weight is 382 g/mol. The van der Waals surface area contributed by atoms with Gasteiger partial charge >= 0.3 is 0 Å². The van der Waals surface area contributed by atoms with Crippen molar-refractivity contribution in [1.82, 2.24) is 9.62 Å². The number of hydrogen-bond acceptors (Lipinski definition) is 5. The number of hydrogen-bond donors (Lipinski definition) is 1. The Kier molecular flexibility index (Phi) is 5.84. The Morgan fingerprint density at radius 3 is 2.46 bits per heavy atom. The van der Waals surface area contributed by atoms with Gasteiger partial charge in [0.1, 0.15) is 11.9 Å². The van der Waals surface area contributed by atoms with E-state index in [2.05, 4.69) is 4.72 Å². The summed E-state index contributed by atoms with van der Waals surface area (Å²) in [7, 11) is -3.39. The number of benzene rings is 1. The third kappa shape index (κ3) is 4.36. The molecule has 1 aromatic carbocycles. The summed E-state index contributed by atoms with van der Waals surface area (Å²) in [6.45, 7) is 5.48. The van der Waals surface area contributed by atoms with Crippen LogP contribution in [0.15, 0.2) is 24.3 Å². The zero-order valence-electron chi connectivity index (χ0n) is 15.2. The van der Waals surface area contributed by atoms with Crippen molar-refractivity contribution in [1.29, 1.82) is 0 Å². The quantitative estimate of drug-likeness (QED) is 0.804. The van der Waals surface area contributed by atoms with Crippen LogP contribution in [0.25, 0.3) is 0 Å². The van der Waals surface area contributed by atoms with Crippen LogP contribution in [0.3, 0.4) is 0 Å². The first-order chi connectivity index (χ1) is 12.4. The highest BCUT2D eigenvalue weighted by Gasteiger charge is 2.34. The number of nitrogens with zero attached hydrogens (tertiary/aromatic N) is 1. The van der Waals surface area contributed by atoms with Gasteiger partial charge < -0.3 is 14.4 Å². The van der Waals surface area contributed by atoms with Gasteiger partial charge in [0, 0.05) is 18.7 Å². The summed E-state index contributed by atoms with van der Waals surface area (Å²) in [6.07, 6.45) is 1.72. The van der Waals surface area contributed by atoms with Crippen molar-refractivity contribution in [3.63, 3.8) is 0 Å². The standard InChI is InChI=1S/C18H26N2O5S/c1-13(2)26(22,23)19-16-11-24-12-17(16)25-15-7-5-14(6-8-15)18(21)20-9-3-4-10-20/h5-8,13,16-17,19H,3-4,9-12H2,1-2H3. The first-order valence-corrected chi connectivity index (χ1v) is 10.6. The summed E-state index contributed by atoms with van der Waals surface area (Å²) in [4.78, 5) is 14.2. The van der Waals surface area contributed by atoms with Crippen molar-refractivity contribution in [2.75, 3.05) is 26.3 Å². The predicted octanol–water partition coefficient (Wildman–Crippen LogP) is 1.40. The summed E-state index contributed by atoms with van der Waals surface area (Å²) in [5.41, 5.74) is 0.638. The zero-order valence-corrected chi connectivity index (χ0v) is 16.0. The normalized spacial score (nSPS) is 23.6. The molecule has 0 radical (unpaired) electrons. The highest BCUT2D eigenvalue weighted by molar-refractivity contribution is 7.90. The van der Waals surface area contributed by atoms with Gasteiger partial charge in [-0.05, 0) is 51.0 Å². The second-order valence-corrected chi connectivity index (χ2v) is 9.30. The van der Waals surface area contributed by atoms with Crippen molar-refractivity contribution in [2.45, 2.75) is 44.1 Å². The van der Waals surface area contributed by atoms with Crippen LogP contribution in [-0.2, 0) is 14.8 Å². The second kappa shape index (κ2) is 7.94. The molecule has 0 spiro atoms. The molecule has 144 valence electrons. The van der Waals surface area contributed by atoms with E-state index in [0.29, 0.717) is 17.9 Å². The molecule has 0 bridgehead atoms. The molecule has 0 saturated carbocycles. The van der Waals surface area contributed by atoms with E-state index in [1.165, 1.54) is 0 Å². The first kappa shape index (κ1) is 19.1. The summed E-state index contributed by atoms with van der Waals surface area (Å²) in [5.74, 6) is 0.632. The molecule has 2 unspecified atom stereocenters. The van der Waals surface area contributed by atoms with Crippen LogP contribution in [-0.4, -0.2) is 62.9 Å². The van der Waals surface area contributed by atoms with E-state index < -0.39 is 27.4 Å². The molecule has 1 N–H and O–H groups in total. The second-order valence-electron chi connectivity index (χ2n) is 7.04. The Hall–Kier alpha value is -1.64. The molecule has 2 saturated heterocycles. The minimum Gasteiger partial charge on any atom is -0.486 e. The number of nitrogens with one attached hydrogen (secondary N) is 1. The average Bonchev–Trinajstić information content (AvgIpc) is 3.27. The lowest BCUT2D eigenvalue weighted by Crippen LogP contribution is -2.47. The Balaban J connectivity index is 1.62. The van der Waals surface area contributed by atoms with Crippen LogP contribution < -0.4 is 9.46 Å². The lowest BCUT2D eigenvalue weighted by Gasteiger charge is -2.22. The van der Waals surface area contributed by atoms with Crippen LogP contribution in [0, 0.1) is 0 Å². The van der Waals surface area contributed by atoms with Gasteiger partial charge in [0.15, 0.2) is 0 Å². The van der Waals surface area contributed by atoms with Gasteiger partial charge in [0.25, 0.3) is 5.91 Å². The van der Waals surface area contributed by atoms with E-state index in [0.717, 1.165) is 25.9 Å². The lowest BCUT2D eigenvalue weighted by molar-refractivity contribution is 0.0792. The Morgan fingerprint density at radius 2 is 1.85 bits per heavy atom. The molecular weight excluding hydrogens is 356 g/mol. The van der Waals surface area contributed by atoms with Gasteiger partial charge in [-0.25, -0.2) is 13.1 Å². The first-order valence-electron chi connectivity index (χ1n) is 9.02. The monoisotopic (exact) mass is 382 g/mol. The largest absolute Gasteiger partial charge is 0.486 e. The molecule has 2 aliphatic rings. The SMILES string of the molecule is CC(C)S(=O)(=O)NC1COCC1Oc1ccc(C(=O)N2CCCC2)cc1. The number of rotatable bonds is 6. The molecule has 7 nitrogen and oxygen atoms in total. The maximum Gasteiger partial charge on any atom is 0.253 e. The molecule has 2 fully saturated rings. The molecule has 1 amide bonds. The highest BCUT2D eigenvalue weighted by Crippen LogP contribution is 2.20. The van der Waals surface area contributed by atoms with Crippen molar-refractivity contribution in [2.24, 2.45) is 0 Å². The van der Waals surface area contributed by atoms with Gasteiger partial charge in [0.2, 0.25) is 10.0 Å². The lowest BCUT2D eigenvalue weighted by atomic mass is 10.2. The third-order valence-electron chi connectivity index (χ3n) is 4.75. The summed E-state index contributed by atoms with van der Waals surface area (Å²) in [6, 6.07) is 6.57. The smallest absolute Gasteiger partial charge is 0.253 e. The topological polar surface area (TPSA) is 84.9 Å². The van der Waals surface area contributed by atoms with E-state index in [1.54, 1.807) is 38.1 Å². The number of amides is 1. The van der Waals surface area contributed by atoms with E-state index in [-0.39, 0.29) is 12.5 Å². The molecule has 2 heterocycles. The minimum absolute atomic E-state index is 0.0424. The Morgan fingerprint density at radius 1 is 1.19 bits per heavy atom. The summed E-state index contributed by atoms with van der Waals surface area (Å²) < 4.78 is 38.1. The molecule has 0 aromatic heterocycles. The van der Waals surface area contributed by atoms with Gasteiger partial charge in [-0.3, -0.25) is 4.79 Å². The van der Waals surface area contributed by atoms with Gasteiger partial charge in [-0.15, -0.1) is 0 Å². The van der Waals surface area contributed by atoms with Gasteiger partial charge in [-0.2, -0.15) is 0 Å². The van der Waals surface area contributed by atoms with Gasteiger partial charge in [-0.1, -0.05) is 0 Å². The third-order valence-corrected chi connectivity index (χ3v) is 6.62. The van der Waals surface area contributed by atoms with Crippen LogP contribution in [0.1, 0.15) is 37.0 Å². The van der Waals surface area contributed by atoms with Crippen LogP contribution in [0.2, 0.25) is 0 Å². The number of carbonyl (C=O) groups is 1. The molecule has 8 heteroatoms. The summed E-state index contributed by atoms with van der Waals surface area (Å²) in [5, 5.41) is -0.514. The van der Waals surface area contributed by atoms with Crippen molar-refractivity contribution in [3.05, 3.63) is 29.8 Å². The van der Waals surface area contributed by atoms with E-state index >= 15 is 0 Å².